The Balaban J connectivity index is 1.59. The molecule has 5 nitrogen and oxygen atoms in total. The molecule has 0 fully saturated rings. The summed E-state index contributed by atoms with van der Waals surface area (Å²) in [7, 11) is 0. The van der Waals surface area contributed by atoms with Crippen LogP contribution in [0.2, 0.25) is 0 Å². The third-order valence-electron chi connectivity index (χ3n) is 5.32. The van der Waals surface area contributed by atoms with Gasteiger partial charge in [0.15, 0.2) is 0 Å². The molecule has 0 radical (unpaired) electrons. The number of aryl methyl sites for hydroxylation is 1. The highest BCUT2D eigenvalue weighted by Gasteiger charge is 2.40. The second-order valence-corrected chi connectivity index (χ2v) is 7.51. The van der Waals surface area contributed by atoms with Gasteiger partial charge >= 0.3 is 0 Å². The maximum atomic E-state index is 13.2. The van der Waals surface area contributed by atoms with Crippen LogP contribution in [-0.2, 0) is 4.79 Å². The highest BCUT2D eigenvalue weighted by Crippen LogP contribution is 2.38. The molecule has 1 aromatic heterocycles. The zero-order valence-corrected chi connectivity index (χ0v) is 16.8. The number of benzene rings is 2. The maximum absolute atomic E-state index is 13.2. The molecule has 30 heavy (non-hydrogen) atoms. The number of amides is 2. The van der Waals surface area contributed by atoms with Gasteiger partial charge in [-0.3, -0.25) is 19.5 Å². The Morgan fingerprint density at radius 3 is 2.67 bits per heavy atom. The first-order chi connectivity index (χ1) is 14.4. The molecule has 0 saturated carbocycles. The smallest absolute Gasteiger partial charge is 0.260 e. The Morgan fingerprint density at radius 2 is 1.93 bits per heavy atom. The monoisotopic (exact) mass is 403 g/mol. The molecule has 4 rings (SSSR count). The van der Waals surface area contributed by atoms with Crippen molar-refractivity contribution >= 4 is 17.5 Å². The van der Waals surface area contributed by atoms with Gasteiger partial charge in [0.05, 0.1) is 29.8 Å². The van der Waals surface area contributed by atoms with Gasteiger partial charge in [0, 0.05) is 11.9 Å². The summed E-state index contributed by atoms with van der Waals surface area (Å²) in [6.07, 6.45) is 1.72. The lowest BCUT2D eigenvalue weighted by Crippen LogP contribution is -2.34. The molecule has 0 bridgehead atoms. The molecule has 6 heteroatoms. The first kappa shape index (κ1) is 19.8. The highest BCUT2D eigenvalue weighted by atomic mass is 19.1. The number of carbonyl (C=O) groups excluding carboxylic acids is 2. The lowest BCUT2D eigenvalue weighted by atomic mass is 10.1. The van der Waals surface area contributed by atoms with Crippen LogP contribution in [-0.4, -0.2) is 16.8 Å². The number of halogens is 1. The fraction of sp³-hybridized carbons (Fsp3) is 0.208. The van der Waals surface area contributed by atoms with Crippen molar-refractivity contribution < 1.29 is 14.0 Å². The fourth-order valence-corrected chi connectivity index (χ4v) is 3.83. The summed E-state index contributed by atoms with van der Waals surface area (Å²) < 4.78 is 13.2. The van der Waals surface area contributed by atoms with E-state index < -0.39 is 6.04 Å². The van der Waals surface area contributed by atoms with Crippen molar-refractivity contribution in [1.82, 2.24) is 10.3 Å². The van der Waals surface area contributed by atoms with Crippen molar-refractivity contribution in [2.45, 2.75) is 32.4 Å². The number of aromatic nitrogens is 1. The first-order valence-corrected chi connectivity index (χ1v) is 9.84. The van der Waals surface area contributed by atoms with Crippen molar-refractivity contribution in [2.75, 3.05) is 4.90 Å². The summed E-state index contributed by atoms with van der Waals surface area (Å²) >= 11 is 0. The van der Waals surface area contributed by atoms with Crippen LogP contribution in [0, 0.1) is 12.7 Å². The SMILES string of the molecule is Cc1cccc(N2C(=O)c3cccnc3[C@H]2CC(=O)N[C@@H](C)c2ccc(F)cc2)c1. The molecule has 0 unspecified atom stereocenters. The third-order valence-corrected chi connectivity index (χ3v) is 5.32. The van der Waals surface area contributed by atoms with Gasteiger partial charge in [-0.05, 0) is 61.4 Å². The minimum atomic E-state index is -0.490. The van der Waals surface area contributed by atoms with E-state index in [-0.39, 0.29) is 30.1 Å². The molecular weight excluding hydrogens is 381 g/mol. The molecule has 2 aromatic carbocycles. The number of nitrogens with zero attached hydrogens (tertiary/aromatic N) is 2. The molecule has 152 valence electrons. The van der Waals surface area contributed by atoms with Crippen LogP contribution in [0.1, 0.15) is 52.6 Å². The molecular formula is C24H22FN3O2. The normalized spacial score (nSPS) is 16.3. The van der Waals surface area contributed by atoms with Crippen LogP contribution in [0.25, 0.3) is 0 Å². The third kappa shape index (κ3) is 3.81. The van der Waals surface area contributed by atoms with Gasteiger partial charge < -0.3 is 5.32 Å². The molecule has 0 saturated heterocycles. The average Bonchev–Trinajstić information content (AvgIpc) is 3.00. The quantitative estimate of drug-likeness (QED) is 0.682. The highest BCUT2D eigenvalue weighted by molar-refractivity contribution is 6.11. The Hall–Kier alpha value is -3.54. The van der Waals surface area contributed by atoms with Crippen molar-refractivity contribution in [3.63, 3.8) is 0 Å². The van der Waals surface area contributed by atoms with Crippen LogP contribution < -0.4 is 10.2 Å². The summed E-state index contributed by atoms with van der Waals surface area (Å²) in [5, 5.41) is 2.94. The van der Waals surface area contributed by atoms with Crippen LogP contribution in [0.3, 0.4) is 0 Å². The zero-order valence-electron chi connectivity index (χ0n) is 16.8. The second kappa shape index (κ2) is 8.06. The van der Waals surface area contributed by atoms with Gasteiger partial charge in [0.1, 0.15) is 5.82 Å². The van der Waals surface area contributed by atoms with Gasteiger partial charge in [0.25, 0.3) is 5.91 Å². The number of nitrogens with one attached hydrogen (secondary N) is 1. The average molecular weight is 403 g/mol. The Bertz CT molecular complexity index is 1100. The van der Waals surface area contributed by atoms with E-state index in [1.807, 2.05) is 38.1 Å². The molecule has 2 heterocycles. The largest absolute Gasteiger partial charge is 0.350 e. The zero-order chi connectivity index (χ0) is 21.3. The van der Waals surface area contributed by atoms with E-state index in [0.717, 1.165) is 16.8 Å². The molecule has 1 N–H and O–H groups in total. The summed E-state index contributed by atoms with van der Waals surface area (Å²) in [5.74, 6) is -0.688. The van der Waals surface area contributed by atoms with E-state index in [2.05, 4.69) is 10.3 Å². The van der Waals surface area contributed by atoms with Crippen LogP contribution in [0.5, 0.6) is 0 Å². The van der Waals surface area contributed by atoms with E-state index in [4.69, 9.17) is 0 Å². The van der Waals surface area contributed by atoms with Crippen LogP contribution in [0.15, 0.2) is 66.9 Å². The number of hydrogen-bond donors (Lipinski definition) is 1. The predicted molar refractivity (Wildman–Crippen MR) is 113 cm³/mol. The van der Waals surface area contributed by atoms with Gasteiger partial charge in [0.2, 0.25) is 5.91 Å². The number of carbonyl (C=O) groups is 2. The van der Waals surface area contributed by atoms with E-state index >= 15 is 0 Å². The fourth-order valence-electron chi connectivity index (χ4n) is 3.83. The number of hydrogen-bond acceptors (Lipinski definition) is 3. The van der Waals surface area contributed by atoms with Crippen molar-refractivity contribution in [2.24, 2.45) is 0 Å². The summed E-state index contributed by atoms with van der Waals surface area (Å²) in [4.78, 5) is 32.0. The lowest BCUT2D eigenvalue weighted by Gasteiger charge is -2.25. The number of anilines is 1. The molecule has 2 atom stereocenters. The standard InChI is InChI=1S/C24H22FN3O2/c1-15-5-3-6-19(13-15)28-21(23-20(24(28)30)7-4-12-26-23)14-22(29)27-16(2)17-8-10-18(25)11-9-17/h3-13,16,21H,14H2,1-2H3,(H,27,29)/t16-,21+/m0/s1. The van der Waals surface area contributed by atoms with Gasteiger partial charge in [-0.2, -0.15) is 0 Å². The topological polar surface area (TPSA) is 62.3 Å². The van der Waals surface area contributed by atoms with Gasteiger partial charge in [-0.25, -0.2) is 4.39 Å². The lowest BCUT2D eigenvalue weighted by molar-refractivity contribution is -0.122. The predicted octanol–water partition coefficient (Wildman–Crippen LogP) is 4.50. The van der Waals surface area contributed by atoms with Crippen molar-refractivity contribution in [3.8, 4) is 0 Å². The van der Waals surface area contributed by atoms with Crippen molar-refractivity contribution in [3.05, 3.63) is 95.1 Å². The van der Waals surface area contributed by atoms with E-state index in [0.29, 0.717) is 11.3 Å². The Kier molecular flexibility index (Phi) is 5.31. The molecule has 0 aliphatic carbocycles. The molecule has 1 aliphatic rings. The Labute approximate surface area is 174 Å². The van der Waals surface area contributed by atoms with E-state index in [9.17, 15) is 14.0 Å². The minimum absolute atomic E-state index is 0.0786. The number of fused-ring (bicyclic) bond motifs is 1. The number of pyridine rings is 1. The van der Waals surface area contributed by atoms with E-state index in [1.165, 1.54) is 12.1 Å². The van der Waals surface area contributed by atoms with Gasteiger partial charge in [-0.15, -0.1) is 0 Å². The Morgan fingerprint density at radius 1 is 1.17 bits per heavy atom. The molecule has 2 amide bonds. The molecule has 0 spiro atoms. The van der Waals surface area contributed by atoms with Gasteiger partial charge in [-0.1, -0.05) is 24.3 Å². The maximum Gasteiger partial charge on any atom is 0.260 e. The summed E-state index contributed by atoms with van der Waals surface area (Å²) in [6.45, 7) is 3.80. The molecule has 1 aliphatic heterocycles. The minimum Gasteiger partial charge on any atom is -0.350 e. The van der Waals surface area contributed by atoms with Crippen molar-refractivity contribution in [1.29, 1.82) is 0 Å². The first-order valence-electron chi connectivity index (χ1n) is 9.84. The molecule has 3 aromatic rings. The van der Waals surface area contributed by atoms with E-state index in [1.54, 1.807) is 35.4 Å². The number of rotatable bonds is 5. The van der Waals surface area contributed by atoms with Crippen LogP contribution >= 0.6 is 0 Å². The second-order valence-electron chi connectivity index (χ2n) is 7.51. The summed E-state index contributed by atoms with van der Waals surface area (Å²) in [5.41, 5.74) is 3.69. The summed E-state index contributed by atoms with van der Waals surface area (Å²) in [6, 6.07) is 16.4. The van der Waals surface area contributed by atoms with Crippen LogP contribution in [0.4, 0.5) is 10.1 Å².